The smallest absolute Gasteiger partial charge is 0.331 e. The van der Waals surface area contributed by atoms with Crippen LogP contribution in [-0.2, 0) is 4.79 Å². The van der Waals surface area contributed by atoms with E-state index < -0.39 is 5.97 Å². The molecule has 0 saturated carbocycles. The first-order valence-electron chi connectivity index (χ1n) is 7.87. The first-order chi connectivity index (χ1) is 10.5. The van der Waals surface area contributed by atoms with Crippen molar-refractivity contribution in [3.05, 3.63) is 29.3 Å². The zero-order valence-electron chi connectivity index (χ0n) is 13.7. The van der Waals surface area contributed by atoms with Gasteiger partial charge in [0.1, 0.15) is 0 Å². The normalized spacial score (nSPS) is 12.0. The molecule has 0 saturated heterocycles. The zero-order valence-corrected chi connectivity index (χ0v) is 13.7. The molecule has 122 valence electrons. The predicted molar refractivity (Wildman–Crippen MR) is 88.3 cm³/mol. The summed E-state index contributed by atoms with van der Waals surface area (Å²) >= 11 is 0. The molecule has 2 N–H and O–H groups in total. The third-order valence-electron chi connectivity index (χ3n) is 3.78. The average Bonchev–Trinajstić information content (AvgIpc) is 2.51. The lowest BCUT2D eigenvalue weighted by molar-refractivity contribution is -0.132. The fourth-order valence-electron chi connectivity index (χ4n) is 2.57. The van der Waals surface area contributed by atoms with Gasteiger partial charge in [-0.1, -0.05) is 39.2 Å². The number of methoxy groups -OCH3 is 1. The van der Waals surface area contributed by atoms with Gasteiger partial charge in [-0.2, -0.15) is 0 Å². The standard InChI is InChI=1S/C18H26O4/c1-4-6-7-8-9-15(18(20)21)14(5-2)13-10-11-16(19)17(12-13)22-3/h10-12,19H,4-9H2,1-3H3,(H,20,21)/b15-14+. The number of hydrogen-bond donors (Lipinski definition) is 2. The van der Waals surface area contributed by atoms with Crippen LogP contribution in [0.3, 0.4) is 0 Å². The molecule has 0 aliphatic carbocycles. The van der Waals surface area contributed by atoms with Crippen LogP contribution in [-0.4, -0.2) is 23.3 Å². The summed E-state index contributed by atoms with van der Waals surface area (Å²) in [5.41, 5.74) is 2.07. The Labute approximate surface area is 132 Å². The highest BCUT2D eigenvalue weighted by Gasteiger charge is 2.16. The Kier molecular flexibility index (Phi) is 7.50. The molecule has 0 bridgehead atoms. The maximum absolute atomic E-state index is 11.6. The van der Waals surface area contributed by atoms with Crippen molar-refractivity contribution in [3.8, 4) is 11.5 Å². The van der Waals surface area contributed by atoms with E-state index in [1.807, 2.05) is 6.92 Å². The average molecular weight is 306 g/mol. The van der Waals surface area contributed by atoms with E-state index in [2.05, 4.69) is 6.92 Å². The van der Waals surface area contributed by atoms with Crippen molar-refractivity contribution in [1.82, 2.24) is 0 Å². The zero-order chi connectivity index (χ0) is 16.5. The highest BCUT2D eigenvalue weighted by Crippen LogP contribution is 2.33. The van der Waals surface area contributed by atoms with Gasteiger partial charge < -0.3 is 14.9 Å². The van der Waals surface area contributed by atoms with Gasteiger partial charge in [0.05, 0.1) is 7.11 Å². The lowest BCUT2D eigenvalue weighted by atomic mass is 9.93. The monoisotopic (exact) mass is 306 g/mol. The molecule has 4 nitrogen and oxygen atoms in total. The van der Waals surface area contributed by atoms with Gasteiger partial charge in [-0.15, -0.1) is 0 Å². The summed E-state index contributed by atoms with van der Waals surface area (Å²) in [6.07, 6.45) is 5.38. The SMILES string of the molecule is CCCCCC/C(C(=O)O)=C(/CC)c1ccc(O)c(OC)c1. The highest BCUT2D eigenvalue weighted by atomic mass is 16.5. The number of hydrogen-bond acceptors (Lipinski definition) is 3. The number of aliphatic carboxylic acids is 1. The molecular formula is C18H26O4. The molecule has 0 fully saturated rings. The molecule has 4 heteroatoms. The summed E-state index contributed by atoms with van der Waals surface area (Å²) in [6, 6.07) is 4.98. The summed E-state index contributed by atoms with van der Waals surface area (Å²) in [5, 5.41) is 19.2. The molecular weight excluding hydrogens is 280 g/mol. The van der Waals surface area contributed by atoms with Crippen LogP contribution in [0.25, 0.3) is 5.57 Å². The summed E-state index contributed by atoms with van der Waals surface area (Å²) in [7, 11) is 1.48. The van der Waals surface area contributed by atoms with Crippen LogP contribution in [0.1, 0.15) is 57.9 Å². The van der Waals surface area contributed by atoms with Crippen molar-refractivity contribution in [3.63, 3.8) is 0 Å². The van der Waals surface area contributed by atoms with Gasteiger partial charge in [-0.05, 0) is 42.5 Å². The van der Waals surface area contributed by atoms with E-state index in [9.17, 15) is 15.0 Å². The number of aromatic hydroxyl groups is 1. The molecule has 0 heterocycles. The second kappa shape index (κ2) is 9.13. The Bertz CT molecular complexity index is 532. The lowest BCUT2D eigenvalue weighted by Gasteiger charge is -2.13. The largest absolute Gasteiger partial charge is 0.504 e. The van der Waals surface area contributed by atoms with E-state index in [4.69, 9.17) is 4.74 Å². The molecule has 0 spiro atoms. The first-order valence-corrected chi connectivity index (χ1v) is 7.87. The van der Waals surface area contributed by atoms with Crippen molar-refractivity contribution in [2.24, 2.45) is 0 Å². The number of benzene rings is 1. The van der Waals surface area contributed by atoms with Crippen molar-refractivity contribution in [2.45, 2.75) is 52.4 Å². The Morgan fingerprint density at radius 2 is 1.91 bits per heavy atom. The van der Waals surface area contributed by atoms with Gasteiger partial charge in [-0.25, -0.2) is 4.79 Å². The number of carbonyl (C=O) groups is 1. The molecule has 0 aromatic heterocycles. The van der Waals surface area contributed by atoms with E-state index >= 15 is 0 Å². The molecule has 0 aliphatic heterocycles. The van der Waals surface area contributed by atoms with Crippen LogP contribution in [0.4, 0.5) is 0 Å². The van der Waals surface area contributed by atoms with Crippen LogP contribution in [0.15, 0.2) is 23.8 Å². The van der Waals surface area contributed by atoms with Gasteiger partial charge in [0, 0.05) is 5.57 Å². The Balaban J connectivity index is 3.12. The highest BCUT2D eigenvalue weighted by molar-refractivity contribution is 5.96. The van der Waals surface area contributed by atoms with Gasteiger partial charge in [0.2, 0.25) is 0 Å². The minimum Gasteiger partial charge on any atom is -0.504 e. The predicted octanol–water partition coefficient (Wildman–Crippen LogP) is 4.62. The van der Waals surface area contributed by atoms with Gasteiger partial charge in [-0.3, -0.25) is 0 Å². The Morgan fingerprint density at radius 1 is 1.18 bits per heavy atom. The van der Waals surface area contributed by atoms with Crippen LogP contribution in [0.5, 0.6) is 11.5 Å². The van der Waals surface area contributed by atoms with Crippen LogP contribution >= 0.6 is 0 Å². The second-order valence-corrected chi connectivity index (χ2v) is 5.31. The molecule has 0 radical (unpaired) electrons. The van der Waals surface area contributed by atoms with Crippen LogP contribution in [0.2, 0.25) is 0 Å². The van der Waals surface area contributed by atoms with E-state index in [-0.39, 0.29) is 5.75 Å². The van der Waals surface area contributed by atoms with Gasteiger partial charge in [0.15, 0.2) is 11.5 Å². The number of allylic oxidation sites excluding steroid dienone is 1. The minimum absolute atomic E-state index is 0.0570. The Hall–Kier alpha value is -1.97. The molecule has 1 aromatic rings. The minimum atomic E-state index is -0.861. The Morgan fingerprint density at radius 3 is 2.45 bits per heavy atom. The molecule has 0 aliphatic rings. The van der Waals surface area contributed by atoms with Gasteiger partial charge >= 0.3 is 5.97 Å². The van der Waals surface area contributed by atoms with Crippen molar-refractivity contribution in [2.75, 3.05) is 7.11 Å². The summed E-state index contributed by atoms with van der Waals surface area (Å²) in [6.45, 7) is 4.08. The third kappa shape index (κ3) is 4.79. The van der Waals surface area contributed by atoms with E-state index in [1.165, 1.54) is 7.11 Å². The molecule has 0 unspecified atom stereocenters. The van der Waals surface area contributed by atoms with E-state index in [0.717, 1.165) is 36.8 Å². The quantitative estimate of drug-likeness (QED) is 0.516. The topological polar surface area (TPSA) is 66.8 Å². The number of carboxylic acid groups (broad SMARTS) is 1. The van der Waals surface area contributed by atoms with Crippen LogP contribution in [0, 0.1) is 0 Å². The fourth-order valence-corrected chi connectivity index (χ4v) is 2.57. The summed E-state index contributed by atoms with van der Waals surface area (Å²) in [4.78, 5) is 11.6. The summed E-state index contributed by atoms with van der Waals surface area (Å²) < 4.78 is 5.11. The molecule has 0 amide bonds. The lowest BCUT2D eigenvalue weighted by Crippen LogP contribution is -2.05. The van der Waals surface area contributed by atoms with Crippen molar-refractivity contribution in [1.29, 1.82) is 0 Å². The second-order valence-electron chi connectivity index (χ2n) is 5.31. The van der Waals surface area contributed by atoms with Crippen LogP contribution < -0.4 is 4.74 Å². The maximum atomic E-state index is 11.6. The first kappa shape index (κ1) is 18.1. The van der Waals surface area contributed by atoms with E-state index in [0.29, 0.717) is 24.2 Å². The van der Waals surface area contributed by atoms with Crippen molar-refractivity contribution < 1.29 is 19.7 Å². The number of phenols is 1. The molecule has 0 atom stereocenters. The number of ether oxygens (including phenoxy) is 1. The maximum Gasteiger partial charge on any atom is 0.331 e. The van der Waals surface area contributed by atoms with E-state index in [1.54, 1.807) is 18.2 Å². The number of rotatable bonds is 9. The third-order valence-corrected chi connectivity index (χ3v) is 3.78. The van der Waals surface area contributed by atoms with Crippen molar-refractivity contribution >= 4 is 11.5 Å². The fraction of sp³-hybridized carbons (Fsp3) is 0.500. The molecule has 1 aromatic carbocycles. The summed E-state index contributed by atoms with van der Waals surface area (Å²) in [5.74, 6) is -0.443. The molecule has 22 heavy (non-hydrogen) atoms. The molecule has 1 rings (SSSR count). The van der Waals surface area contributed by atoms with Gasteiger partial charge in [0.25, 0.3) is 0 Å². The number of unbranched alkanes of at least 4 members (excludes halogenated alkanes) is 3. The number of carboxylic acids is 1. The number of phenolic OH excluding ortho intramolecular Hbond substituents is 1.